The number of ether oxygens (including phenoxy) is 1. The Balaban J connectivity index is 1.84. The highest BCUT2D eigenvalue weighted by atomic mass is 16.5. The van der Waals surface area contributed by atoms with Gasteiger partial charge in [0, 0.05) is 25.3 Å². The third kappa shape index (κ3) is 3.46. The van der Waals surface area contributed by atoms with Crippen LogP contribution in [0.2, 0.25) is 0 Å². The maximum Gasteiger partial charge on any atom is 0.0480 e. The van der Waals surface area contributed by atoms with E-state index in [1.165, 1.54) is 32.1 Å². The van der Waals surface area contributed by atoms with Crippen molar-refractivity contribution >= 4 is 0 Å². The van der Waals surface area contributed by atoms with E-state index in [0.29, 0.717) is 11.5 Å². The van der Waals surface area contributed by atoms with E-state index in [1.807, 2.05) is 0 Å². The molecule has 1 heterocycles. The summed E-state index contributed by atoms with van der Waals surface area (Å²) in [7, 11) is 0. The fraction of sp³-hybridized carbons (Fsp3) is 1.00. The molecule has 2 rings (SSSR count). The lowest BCUT2D eigenvalue weighted by molar-refractivity contribution is 0.0650. The normalized spacial score (nSPS) is 36.2. The van der Waals surface area contributed by atoms with Crippen LogP contribution in [0.4, 0.5) is 0 Å². The Kier molecular flexibility index (Phi) is 3.91. The van der Waals surface area contributed by atoms with Crippen LogP contribution < -0.4 is 5.32 Å². The maximum atomic E-state index is 5.41. The lowest BCUT2D eigenvalue weighted by Gasteiger charge is -2.41. The second-order valence-electron chi connectivity index (χ2n) is 6.66. The quantitative estimate of drug-likeness (QED) is 0.780. The second-order valence-corrected chi connectivity index (χ2v) is 6.66. The van der Waals surface area contributed by atoms with Gasteiger partial charge in [0.05, 0.1) is 0 Å². The Labute approximate surface area is 100 Å². The molecular weight excluding hydrogens is 198 g/mol. The molecule has 2 atom stereocenters. The average Bonchev–Trinajstić information content (AvgIpc) is 2.15. The number of nitrogens with one attached hydrogen (secondary N) is 1. The summed E-state index contributed by atoms with van der Waals surface area (Å²) in [6.07, 6.45) is 6.49. The zero-order valence-corrected chi connectivity index (χ0v) is 11.1. The van der Waals surface area contributed by atoms with Crippen LogP contribution in [0, 0.1) is 11.3 Å². The Morgan fingerprint density at radius 2 is 1.75 bits per heavy atom. The highest BCUT2D eigenvalue weighted by Gasteiger charge is 2.32. The molecule has 2 nitrogen and oxygen atoms in total. The van der Waals surface area contributed by atoms with Gasteiger partial charge in [-0.15, -0.1) is 0 Å². The smallest absolute Gasteiger partial charge is 0.0480 e. The first-order chi connectivity index (χ1) is 7.55. The van der Waals surface area contributed by atoms with E-state index in [-0.39, 0.29) is 0 Å². The Morgan fingerprint density at radius 1 is 1.06 bits per heavy atom. The molecule has 0 aromatic carbocycles. The summed E-state index contributed by atoms with van der Waals surface area (Å²) in [5.74, 6) is 0.876. The minimum atomic E-state index is 0.528. The molecule has 0 amide bonds. The number of rotatable bonds is 2. The van der Waals surface area contributed by atoms with Crippen molar-refractivity contribution in [3.63, 3.8) is 0 Å². The van der Waals surface area contributed by atoms with Crippen molar-refractivity contribution in [2.24, 2.45) is 11.3 Å². The minimum absolute atomic E-state index is 0.528. The van der Waals surface area contributed by atoms with Crippen LogP contribution in [-0.4, -0.2) is 25.3 Å². The monoisotopic (exact) mass is 225 g/mol. The van der Waals surface area contributed by atoms with E-state index >= 15 is 0 Å². The van der Waals surface area contributed by atoms with Crippen LogP contribution in [0.25, 0.3) is 0 Å². The Morgan fingerprint density at radius 3 is 2.38 bits per heavy atom. The predicted molar refractivity (Wildman–Crippen MR) is 67.6 cm³/mol. The lowest BCUT2D eigenvalue weighted by atomic mass is 9.70. The molecule has 1 N–H and O–H groups in total. The van der Waals surface area contributed by atoms with Gasteiger partial charge >= 0.3 is 0 Å². The summed E-state index contributed by atoms with van der Waals surface area (Å²) in [4.78, 5) is 0. The molecule has 1 aliphatic carbocycles. The SMILES string of the molecule is CC1CC(NC2CCOCC2)CC(C)(C)C1. The van der Waals surface area contributed by atoms with Gasteiger partial charge in [0.1, 0.15) is 0 Å². The van der Waals surface area contributed by atoms with Crippen molar-refractivity contribution in [2.45, 2.75) is 65.0 Å². The van der Waals surface area contributed by atoms with Crippen molar-refractivity contribution in [2.75, 3.05) is 13.2 Å². The molecule has 2 unspecified atom stereocenters. The van der Waals surface area contributed by atoms with Crippen LogP contribution in [0.1, 0.15) is 52.9 Å². The molecule has 2 aliphatic rings. The zero-order valence-electron chi connectivity index (χ0n) is 11.1. The van der Waals surface area contributed by atoms with E-state index in [1.54, 1.807) is 0 Å². The van der Waals surface area contributed by atoms with Crippen molar-refractivity contribution in [1.82, 2.24) is 5.32 Å². The van der Waals surface area contributed by atoms with E-state index in [9.17, 15) is 0 Å². The maximum absolute atomic E-state index is 5.41. The zero-order chi connectivity index (χ0) is 11.6. The van der Waals surface area contributed by atoms with Crippen molar-refractivity contribution in [3.05, 3.63) is 0 Å². The van der Waals surface area contributed by atoms with Gasteiger partial charge in [0.15, 0.2) is 0 Å². The largest absolute Gasteiger partial charge is 0.381 e. The first-order valence-electron chi connectivity index (χ1n) is 6.89. The van der Waals surface area contributed by atoms with Gasteiger partial charge in [0.25, 0.3) is 0 Å². The number of hydrogen-bond donors (Lipinski definition) is 1. The van der Waals surface area contributed by atoms with Crippen LogP contribution in [-0.2, 0) is 4.74 Å². The Bertz CT molecular complexity index is 221. The van der Waals surface area contributed by atoms with Crippen molar-refractivity contribution in [3.8, 4) is 0 Å². The van der Waals surface area contributed by atoms with Crippen LogP contribution in [0.5, 0.6) is 0 Å². The second kappa shape index (κ2) is 5.05. The van der Waals surface area contributed by atoms with Crippen LogP contribution in [0.15, 0.2) is 0 Å². The molecule has 1 aliphatic heterocycles. The fourth-order valence-electron chi connectivity index (χ4n) is 3.67. The molecule has 1 saturated heterocycles. The van der Waals surface area contributed by atoms with Crippen LogP contribution >= 0.6 is 0 Å². The van der Waals surface area contributed by atoms with Crippen LogP contribution in [0.3, 0.4) is 0 Å². The molecule has 0 radical (unpaired) electrons. The molecule has 0 aromatic rings. The summed E-state index contributed by atoms with van der Waals surface area (Å²) < 4.78 is 5.41. The van der Waals surface area contributed by atoms with Gasteiger partial charge in [-0.25, -0.2) is 0 Å². The summed E-state index contributed by atoms with van der Waals surface area (Å²) in [6.45, 7) is 9.13. The Hall–Kier alpha value is -0.0800. The standard InChI is InChI=1S/C14H27NO/c1-11-8-13(10-14(2,3)9-11)15-12-4-6-16-7-5-12/h11-13,15H,4-10H2,1-3H3. The van der Waals surface area contributed by atoms with Crippen molar-refractivity contribution in [1.29, 1.82) is 0 Å². The molecule has 0 spiro atoms. The van der Waals surface area contributed by atoms with Gasteiger partial charge in [0.2, 0.25) is 0 Å². The van der Waals surface area contributed by atoms with Crippen molar-refractivity contribution < 1.29 is 4.74 Å². The van der Waals surface area contributed by atoms with Gasteiger partial charge in [-0.1, -0.05) is 20.8 Å². The molecule has 0 aromatic heterocycles. The van der Waals surface area contributed by atoms with Gasteiger partial charge in [-0.3, -0.25) is 0 Å². The van der Waals surface area contributed by atoms with Gasteiger partial charge in [-0.05, 0) is 43.4 Å². The highest BCUT2D eigenvalue weighted by Crippen LogP contribution is 2.38. The van der Waals surface area contributed by atoms with E-state index in [0.717, 1.165) is 25.2 Å². The summed E-state index contributed by atoms with van der Waals surface area (Å²) in [5.41, 5.74) is 0.528. The fourth-order valence-corrected chi connectivity index (χ4v) is 3.67. The molecule has 2 fully saturated rings. The van der Waals surface area contributed by atoms with Gasteiger partial charge in [-0.2, -0.15) is 0 Å². The van der Waals surface area contributed by atoms with E-state index in [4.69, 9.17) is 4.74 Å². The highest BCUT2D eigenvalue weighted by molar-refractivity contribution is 4.88. The van der Waals surface area contributed by atoms with Gasteiger partial charge < -0.3 is 10.1 Å². The molecule has 0 bridgehead atoms. The molecule has 16 heavy (non-hydrogen) atoms. The van der Waals surface area contributed by atoms with E-state index < -0.39 is 0 Å². The molecule has 2 heteroatoms. The number of hydrogen-bond acceptors (Lipinski definition) is 2. The topological polar surface area (TPSA) is 21.3 Å². The first kappa shape index (κ1) is 12.4. The first-order valence-corrected chi connectivity index (χ1v) is 6.89. The molecular formula is C14H27NO. The average molecular weight is 225 g/mol. The third-order valence-corrected chi connectivity index (χ3v) is 4.08. The lowest BCUT2D eigenvalue weighted by Crippen LogP contribution is -2.46. The minimum Gasteiger partial charge on any atom is -0.381 e. The molecule has 1 saturated carbocycles. The third-order valence-electron chi connectivity index (χ3n) is 4.08. The summed E-state index contributed by atoms with van der Waals surface area (Å²) >= 11 is 0. The van der Waals surface area contributed by atoms with E-state index in [2.05, 4.69) is 26.1 Å². The summed E-state index contributed by atoms with van der Waals surface area (Å²) in [6, 6.07) is 1.45. The predicted octanol–water partition coefficient (Wildman–Crippen LogP) is 2.97. The summed E-state index contributed by atoms with van der Waals surface area (Å²) in [5, 5.41) is 3.86. The molecule has 94 valence electrons.